The Labute approximate surface area is 96.1 Å². The van der Waals surface area contributed by atoms with E-state index in [9.17, 15) is 4.79 Å². The van der Waals surface area contributed by atoms with Gasteiger partial charge in [-0.1, -0.05) is 0 Å². The highest BCUT2D eigenvalue weighted by atomic mass is 16.5. The smallest absolute Gasteiger partial charge is 0.251 e. The average molecular weight is 224 g/mol. The third-order valence-electron chi connectivity index (χ3n) is 4.13. The van der Waals surface area contributed by atoms with E-state index in [1.165, 1.54) is 12.8 Å². The quantitative estimate of drug-likeness (QED) is 0.743. The van der Waals surface area contributed by atoms with Gasteiger partial charge in [-0.2, -0.15) is 0 Å². The molecule has 0 aromatic heterocycles. The van der Waals surface area contributed by atoms with Crippen LogP contribution in [-0.2, 0) is 9.53 Å². The Balaban J connectivity index is 1.53. The van der Waals surface area contributed by atoms with Crippen LogP contribution in [-0.4, -0.2) is 42.1 Å². The molecule has 1 amide bonds. The van der Waals surface area contributed by atoms with E-state index in [0.29, 0.717) is 5.92 Å². The molecule has 1 atom stereocenters. The molecule has 0 aromatic rings. The average Bonchev–Trinajstić information content (AvgIpc) is 3.09. The van der Waals surface area contributed by atoms with E-state index in [2.05, 4.69) is 0 Å². The Hall–Kier alpha value is -0.610. The first-order valence-electron chi connectivity index (χ1n) is 6.38. The van der Waals surface area contributed by atoms with E-state index in [4.69, 9.17) is 10.5 Å². The van der Waals surface area contributed by atoms with Gasteiger partial charge in [0, 0.05) is 19.7 Å². The molecule has 2 heterocycles. The van der Waals surface area contributed by atoms with Gasteiger partial charge >= 0.3 is 0 Å². The van der Waals surface area contributed by atoms with Crippen LogP contribution in [0.4, 0.5) is 0 Å². The number of amides is 1. The number of nitrogens with zero attached hydrogens (tertiary/aromatic N) is 1. The van der Waals surface area contributed by atoms with Crippen LogP contribution in [0.1, 0.15) is 32.1 Å². The van der Waals surface area contributed by atoms with Crippen molar-refractivity contribution in [2.75, 3.05) is 19.7 Å². The summed E-state index contributed by atoms with van der Waals surface area (Å²) in [6.45, 7) is 2.23. The second-order valence-electron chi connectivity index (χ2n) is 5.56. The highest BCUT2D eigenvalue weighted by Crippen LogP contribution is 2.43. The van der Waals surface area contributed by atoms with Gasteiger partial charge in [-0.05, 0) is 38.0 Å². The summed E-state index contributed by atoms with van der Waals surface area (Å²) < 4.78 is 5.51. The number of nitrogens with two attached hydrogens (primary N) is 1. The molecule has 16 heavy (non-hydrogen) atoms. The number of carbonyl (C=O) groups is 1. The number of rotatable bonds is 2. The number of hydrogen-bond acceptors (Lipinski definition) is 3. The standard InChI is InChI=1S/C12H20N2O2/c13-12(9-4-5-9)7-14(8-12)11(15)10-3-1-2-6-16-10/h9-10H,1-8,13H2. The van der Waals surface area contributed by atoms with Gasteiger partial charge < -0.3 is 15.4 Å². The lowest BCUT2D eigenvalue weighted by molar-refractivity contribution is -0.154. The van der Waals surface area contributed by atoms with E-state index in [1.807, 2.05) is 4.90 Å². The van der Waals surface area contributed by atoms with E-state index in [0.717, 1.165) is 39.0 Å². The van der Waals surface area contributed by atoms with E-state index in [-0.39, 0.29) is 17.6 Å². The minimum atomic E-state index is -0.183. The molecule has 3 aliphatic rings. The summed E-state index contributed by atoms with van der Waals surface area (Å²) in [7, 11) is 0. The maximum absolute atomic E-state index is 12.1. The highest BCUT2D eigenvalue weighted by molar-refractivity contribution is 5.82. The van der Waals surface area contributed by atoms with E-state index >= 15 is 0 Å². The molecule has 1 aliphatic carbocycles. The summed E-state index contributed by atoms with van der Waals surface area (Å²) in [5.41, 5.74) is 6.17. The fourth-order valence-corrected chi connectivity index (χ4v) is 2.88. The molecule has 4 nitrogen and oxygen atoms in total. The molecule has 90 valence electrons. The summed E-state index contributed by atoms with van der Waals surface area (Å²) in [5.74, 6) is 0.838. The zero-order chi connectivity index (χ0) is 11.2. The summed E-state index contributed by atoms with van der Waals surface area (Å²) >= 11 is 0. The van der Waals surface area contributed by atoms with Crippen molar-refractivity contribution in [1.29, 1.82) is 0 Å². The molecule has 3 rings (SSSR count). The first-order chi connectivity index (χ1) is 7.69. The molecule has 2 saturated heterocycles. The normalized spacial score (nSPS) is 33.3. The predicted octanol–water partition coefficient (Wildman–Crippen LogP) is 0.505. The Morgan fingerprint density at radius 1 is 1.25 bits per heavy atom. The molecular weight excluding hydrogens is 204 g/mol. The van der Waals surface area contributed by atoms with Crippen LogP contribution in [0.25, 0.3) is 0 Å². The van der Waals surface area contributed by atoms with Gasteiger partial charge in [-0.15, -0.1) is 0 Å². The van der Waals surface area contributed by atoms with Crippen LogP contribution in [0.5, 0.6) is 0 Å². The van der Waals surface area contributed by atoms with Crippen molar-refractivity contribution >= 4 is 5.91 Å². The molecular formula is C12H20N2O2. The molecule has 2 aliphatic heterocycles. The minimum Gasteiger partial charge on any atom is -0.368 e. The number of carbonyl (C=O) groups excluding carboxylic acids is 1. The number of hydrogen-bond donors (Lipinski definition) is 1. The van der Waals surface area contributed by atoms with Gasteiger partial charge in [0.25, 0.3) is 5.91 Å². The van der Waals surface area contributed by atoms with Gasteiger partial charge in [0.15, 0.2) is 0 Å². The number of ether oxygens (including phenoxy) is 1. The monoisotopic (exact) mass is 224 g/mol. The van der Waals surface area contributed by atoms with Gasteiger partial charge in [-0.25, -0.2) is 0 Å². The van der Waals surface area contributed by atoms with Crippen molar-refractivity contribution in [2.24, 2.45) is 11.7 Å². The van der Waals surface area contributed by atoms with Crippen molar-refractivity contribution in [3.8, 4) is 0 Å². The van der Waals surface area contributed by atoms with Crippen LogP contribution in [0.15, 0.2) is 0 Å². The van der Waals surface area contributed by atoms with E-state index < -0.39 is 0 Å². The molecule has 4 heteroatoms. The van der Waals surface area contributed by atoms with Crippen LogP contribution in [0.3, 0.4) is 0 Å². The predicted molar refractivity (Wildman–Crippen MR) is 59.8 cm³/mol. The summed E-state index contributed by atoms with van der Waals surface area (Å²) in [5, 5.41) is 0. The molecule has 3 fully saturated rings. The van der Waals surface area contributed by atoms with Crippen molar-refractivity contribution in [2.45, 2.75) is 43.7 Å². The fourth-order valence-electron chi connectivity index (χ4n) is 2.88. The van der Waals surface area contributed by atoms with Gasteiger partial charge in [0.05, 0.1) is 5.54 Å². The maximum atomic E-state index is 12.1. The number of likely N-dealkylation sites (tertiary alicyclic amines) is 1. The molecule has 1 unspecified atom stereocenters. The summed E-state index contributed by atoms with van der Waals surface area (Å²) in [4.78, 5) is 13.9. The van der Waals surface area contributed by atoms with E-state index in [1.54, 1.807) is 0 Å². The topological polar surface area (TPSA) is 55.6 Å². The molecule has 0 radical (unpaired) electrons. The van der Waals surface area contributed by atoms with Crippen LogP contribution < -0.4 is 5.73 Å². The molecule has 0 bridgehead atoms. The lowest BCUT2D eigenvalue weighted by Crippen LogP contribution is -2.71. The third kappa shape index (κ3) is 1.74. The van der Waals surface area contributed by atoms with Crippen LogP contribution >= 0.6 is 0 Å². The Morgan fingerprint density at radius 2 is 2.00 bits per heavy atom. The molecule has 2 N–H and O–H groups in total. The van der Waals surface area contributed by atoms with Crippen molar-refractivity contribution < 1.29 is 9.53 Å². The maximum Gasteiger partial charge on any atom is 0.251 e. The lowest BCUT2D eigenvalue weighted by atomic mass is 9.85. The molecule has 0 spiro atoms. The third-order valence-corrected chi connectivity index (χ3v) is 4.13. The minimum absolute atomic E-state index is 0.0652. The first kappa shape index (κ1) is 10.5. The SMILES string of the molecule is NC1(C2CC2)CN(C(=O)C2CCCCO2)C1. The van der Waals surface area contributed by atoms with Crippen LogP contribution in [0.2, 0.25) is 0 Å². The molecule has 1 saturated carbocycles. The second kappa shape index (κ2) is 3.70. The fraction of sp³-hybridized carbons (Fsp3) is 0.917. The van der Waals surface area contributed by atoms with Gasteiger partial charge in [0.1, 0.15) is 6.10 Å². The zero-order valence-electron chi connectivity index (χ0n) is 9.65. The van der Waals surface area contributed by atoms with Gasteiger partial charge in [-0.3, -0.25) is 4.79 Å². The van der Waals surface area contributed by atoms with Crippen molar-refractivity contribution in [3.05, 3.63) is 0 Å². The lowest BCUT2D eigenvalue weighted by Gasteiger charge is -2.49. The Bertz CT molecular complexity index is 289. The first-order valence-corrected chi connectivity index (χ1v) is 6.38. The summed E-state index contributed by atoms with van der Waals surface area (Å²) in [6.07, 6.45) is 5.40. The van der Waals surface area contributed by atoms with Gasteiger partial charge in [0.2, 0.25) is 0 Å². The largest absolute Gasteiger partial charge is 0.368 e. The Morgan fingerprint density at radius 3 is 2.56 bits per heavy atom. The van der Waals surface area contributed by atoms with Crippen molar-refractivity contribution in [3.63, 3.8) is 0 Å². The molecule has 0 aromatic carbocycles. The summed E-state index contributed by atoms with van der Waals surface area (Å²) in [6, 6.07) is 0. The van der Waals surface area contributed by atoms with Crippen molar-refractivity contribution in [1.82, 2.24) is 4.90 Å². The second-order valence-corrected chi connectivity index (χ2v) is 5.56. The zero-order valence-corrected chi connectivity index (χ0v) is 9.65. The van der Waals surface area contributed by atoms with Crippen LogP contribution in [0, 0.1) is 5.92 Å². The highest BCUT2D eigenvalue weighted by Gasteiger charge is 2.52. The Kier molecular flexibility index (Phi) is 2.44.